The maximum atomic E-state index is 9.51. The van der Waals surface area contributed by atoms with E-state index in [1.807, 2.05) is 12.1 Å². The molecule has 2 heterocycles. The molecule has 4 heteroatoms. The van der Waals surface area contributed by atoms with E-state index < -0.39 is 0 Å². The Labute approximate surface area is 128 Å². The Morgan fingerprint density at radius 2 is 1.86 bits per heavy atom. The zero-order chi connectivity index (χ0) is 15.6. The molecule has 4 nitrogen and oxygen atoms in total. The highest BCUT2D eigenvalue weighted by Crippen LogP contribution is 2.27. The molecular weight excluding hydrogens is 262 g/mol. The van der Waals surface area contributed by atoms with Gasteiger partial charge in [0.2, 0.25) is 0 Å². The topological polar surface area (TPSA) is 39.6 Å². The molecule has 0 aliphatic carbocycles. The van der Waals surface area contributed by atoms with Gasteiger partial charge in [-0.25, -0.2) is 4.98 Å². The first-order valence-electron chi connectivity index (χ1n) is 7.85. The first-order chi connectivity index (χ1) is 9.81. The van der Waals surface area contributed by atoms with Crippen LogP contribution in [0, 0.1) is 0 Å². The van der Waals surface area contributed by atoms with E-state index in [0.717, 1.165) is 30.2 Å². The fourth-order valence-electron chi connectivity index (χ4n) is 2.82. The van der Waals surface area contributed by atoms with Gasteiger partial charge >= 0.3 is 0 Å². The molecule has 0 aromatic carbocycles. The minimum absolute atomic E-state index is 0.00187. The lowest BCUT2D eigenvalue weighted by Crippen LogP contribution is -2.42. The average Bonchev–Trinajstić information content (AvgIpc) is 2.46. The van der Waals surface area contributed by atoms with Crippen molar-refractivity contribution < 1.29 is 5.11 Å². The number of rotatable bonds is 3. The van der Waals surface area contributed by atoms with Gasteiger partial charge in [0.05, 0.1) is 6.61 Å². The van der Waals surface area contributed by atoms with Gasteiger partial charge in [-0.3, -0.25) is 0 Å². The number of aliphatic hydroxyl groups is 1. The SMILES string of the molecule is CN(C)C1CCN(c2cc(CO)cc(C(C)(C)C)n2)CC1. The minimum atomic E-state index is 0.00187. The number of hydrogen-bond acceptors (Lipinski definition) is 4. The highest BCUT2D eigenvalue weighted by atomic mass is 16.3. The van der Waals surface area contributed by atoms with Crippen LogP contribution in [0.2, 0.25) is 0 Å². The van der Waals surface area contributed by atoms with Crippen LogP contribution in [-0.4, -0.2) is 48.2 Å². The van der Waals surface area contributed by atoms with Gasteiger partial charge in [0.15, 0.2) is 0 Å². The van der Waals surface area contributed by atoms with Gasteiger partial charge in [0, 0.05) is 30.2 Å². The lowest BCUT2D eigenvalue weighted by Gasteiger charge is -2.36. The molecule has 21 heavy (non-hydrogen) atoms. The second-order valence-electron chi connectivity index (χ2n) is 7.31. The van der Waals surface area contributed by atoms with Crippen LogP contribution in [0.3, 0.4) is 0 Å². The standard InChI is InChI=1S/C17H29N3O/c1-17(2,3)15-10-13(12-21)11-16(18-15)20-8-6-14(7-9-20)19(4)5/h10-11,14,21H,6-9,12H2,1-5H3. The fraction of sp³-hybridized carbons (Fsp3) is 0.706. The molecule has 0 saturated carbocycles. The van der Waals surface area contributed by atoms with Gasteiger partial charge in [0.25, 0.3) is 0 Å². The van der Waals surface area contributed by atoms with Crippen LogP contribution in [0.25, 0.3) is 0 Å². The molecule has 1 aliphatic heterocycles. The van der Waals surface area contributed by atoms with Crippen LogP contribution in [-0.2, 0) is 12.0 Å². The van der Waals surface area contributed by atoms with Gasteiger partial charge in [-0.15, -0.1) is 0 Å². The zero-order valence-electron chi connectivity index (χ0n) is 14.1. The maximum absolute atomic E-state index is 9.51. The molecule has 0 unspecified atom stereocenters. The summed E-state index contributed by atoms with van der Waals surface area (Å²) in [5, 5.41) is 9.51. The first kappa shape index (κ1) is 16.2. The number of nitrogens with zero attached hydrogens (tertiary/aromatic N) is 3. The summed E-state index contributed by atoms with van der Waals surface area (Å²) in [5.41, 5.74) is 2.01. The average molecular weight is 291 g/mol. The summed E-state index contributed by atoms with van der Waals surface area (Å²) in [6.07, 6.45) is 2.34. The van der Waals surface area contributed by atoms with E-state index in [1.54, 1.807) is 0 Å². The van der Waals surface area contributed by atoms with Crippen molar-refractivity contribution in [3.63, 3.8) is 0 Å². The third kappa shape index (κ3) is 3.95. The second-order valence-corrected chi connectivity index (χ2v) is 7.31. The summed E-state index contributed by atoms with van der Waals surface area (Å²) in [6, 6.07) is 4.73. The summed E-state index contributed by atoms with van der Waals surface area (Å²) in [4.78, 5) is 9.52. The smallest absolute Gasteiger partial charge is 0.129 e. The van der Waals surface area contributed by atoms with E-state index in [4.69, 9.17) is 4.98 Å². The lowest BCUT2D eigenvalue weighted by molar-refractivity contribution is 0.249. The number of pyridine rings is 1. The number of hydrogen-bond donors (Lipinski definition) is 1. The fourth-order valence-corrected chi connectivity index (χ4v) is 2.82. The van der Waals surface area contributed by atoms with E-state index >= 15 is 0 Å². The highest BCUT2D eigenvalue weighted by Gasteiger charge is 2.23. The predicted molar refractivity (Wildman–Crippen MR) is 87.8 cm³/mol. The maximum Gasteiger partial charge on any atom is 0.129 e. The molecular formula is C17H29N3O. The quantitative estimate of drug-likeness (QED) is 0.928. The Balaban J connectivity index is 2.20. The molecule has 0 amide bonds. The van der Waals surface area contributed by atoms with E-state index in [0.29, 0.717) is 6.04 Å². The molecule has 0 bridgehead atoms. The third-order valence-electron chi connectivity index (χ3n) is 4.34. The van der Waals surface area contributed by atoms with Crippen LogP contribution >= 0.6 is 0 Å². The lowest BCUT2D eigenvalue weighted by atomic mass is 9.90. The monoisotopic (exact) mass is 291 g/mol. The Kier molecular flexibility index (Phi) is 4.89. The molecule has 0 atom stereocenters. The minimum Gasteiger partial charge on any atom is -0.392 e. The molecule has 1 aromatic heterocycles. The van der Waals surface area contributed by atoms with Gasteiger partial charge in [-0.1, -0.05) is 20.8 Å². The Morgan fingerprint density at radius 1 is 1.24 bits per heavy atom. The van der Waals surface area contributed by atoms with Crippen molar-refractivity contribution >= 4 is 5.82 Å². The van der Waals surface area contributed by atoms with E-state index in [2.05, 4.69) is 44.7 Å². The van der Waals surface area contributed by atoms with Crippen LogP contribution < -0.4 is 4.90 Å². The van der Waals surface area contributed by atoms with Crippen LogP contribution in [0.4, 0.5) is 5.82 Å². The van der Waals surface area contributed by atoms with Crippen molar-refractivity contribution in [3.05, 3.63) is 23.4 Å². The molecule has 2 rings (SSSR count). The van der Waals surface area contributed by atoms with Gasteiger partial charge in [0.1, 0.15) is 5.82 Å². The normalized spacial score (nSPS) is 17.6. The molecule has 118 valence electrons. The largest absolute Gasteiger partial charge is 0.392 e. The molecule has 1 aromatic rings. The van der Waals surface area contributed by atoms with Crippen molar-refractivity contribution in [1.82, 2.24) is 9.88 Å². The Bertz CT molecular complexity index is 471. The Morgan fingerprint density at radius 3 is 2.33 bits per heavy atom. The molecule has 1 N–H and O–H groups in total. The summed E-state index contributed by atoms with van der Waals surface area (Å²) in [6.45, 7) is 8.64. The van der Waals surface area contributed by atoms with Crippen molar-refractivity contribution in [3.8, 4) is 0 Å². The van der Waals surface area contributed by atoms with Crippen molar-refractivity contribution in [2.45, 2.75) is 51.7 Å². The van der Waals surface area contributed by atoms with E-state index in [-0.39, 0.29) is 12.0 Å². The highest BCUT2D eigenvalue weighted by molar-refractivity contribution is 5.44. The van der Waals surface area contributed by atoms with Crippen LogP contribution in [0.1, 0.15) is 44.9 Å². The van der Waals surface area contributed by atoms with Gasteiger partial charge < -0.3 is 14.9 Å². The summed E-state index contributed by atoms with van der Waals surface area (Å²) < 4.78 is 0. The van der Waals surface area contributed by atoms with Gasteiger partial charge in [-0.05, 0) is 44.6 Å². The molecule has 1 fully saturated rings. The number of piperidine rings is 1. The number of anilines is 1. The summed E-state index contributed by atoms with van der Waals surface area (Å²) >= 11 is 0. The first-order valence-corrected chi connectivity index (χ1v) is 7.85. The molecule has 0 spiro atoms. The molecule has 1 saturated heterocycles. The van der Waals surface area contributed by atoms with Crippen LogP contribution in [0.15, 0.2) is 12.1 Å². The van der Waals surface area contributed by atoms with Gasteiger partial charge in [-0.2, -0.15) is 0 Å². The predicted octanol–water partition coefficient (Wildman–Crippen LogP) is 2.40. The van der Waals surface area contributed by atoms with Crippen molar-refractivity contribution in [1.29, 1.82) is 0 Å². The van der Waals surface area contributed by atoms with Crippen molar-refractivity contribution in [2.75, 3.05) is 32.1 Å². The number of aromatic nitrogens is 1. The second kappa shape index (κ2) is 6.32. The zero-order valence-corrected chi connectivity index (χ0v) is 14.1. The van der Waals surface area contributed by atoms with E-state index in [1.165, 1.54) is 12.8 Å². The van der Waals surface area contributed by atoms with Crippen LogP contribution in [0.5, 0.6) is 0 Å². The summed E-state index contributed by atoms with van der Waals surface area (Å²) in [7, 11) is 4.31. The number of aliphatic hydroxyl groups excluding tert-OH is 1. The third-order valence-corrected chi connectivity index (χ3v) is 4.34. The van der Waals surface area contributed by atoms with E-state index in [9.17, 15) is 5.11 Å². The molecule has 0 radical (unpaired) electrons. The van der Waals surface area contributed by atoms with Crippen molar-refractivity contribution in [2.24, 2.45) is 0 Å². The molecule has 1 aliphatic rings. The Hall–Kier alpha value is -1.13. The summed E-state index contributed by atoms with van der Waals surface area (Å²) in [5.74, 6) is 1.02.